The fourth-order valence-electron chi connectivity index (χ4n) is 3.54. The van der Waals surface area contributed by atoms with Crippen molar-refractivity contribution in [3.05, 3.63) is 35.9 Å². The van der Waals surface area contributed by atoms with Crippen molar-refractivity contribution in [2.24, 2.45) is 5.92 Å². The number of benzene rings is 1. The molecule has 0 spiro atoms. The zero-order chi connectivity index (χ0) is 24.3. The second kappa shape index (κ2) is 13.3. The summed E-state index contributed by atoms with van der Waals surface area (Å²) >= 11 is 0. The number of carbonyl (C=O) groups is 2. The van der Waals surface area contributed by atoms with Crippen molar-refractivity contribution in [1.82, 2.24) is 21.0 Å². The molecule has 2 unspecified atom stereocenters. The van der Waals surface area contributed by atoms with E-state index in [1.807, 2.05) is 43.3 Å². The van der Waals surface area contributed by atoms with E-state index in [1.54, 1.807) is 20.9 Å². The van der Waals surface area contributed by atoms with Crippen LogP contribution >= 0.6 is 0 Å². The first-order valence-corrected chi connectivity index (χ1v) is 11.5. The fourth-order valence-corrected chi connectivity index (χ4v) is 3.54. The molecule has 184 valence electrons. The van der Waals surface area contributed by atoms with E-state index in [1.165, 1.54) is 5.06 Å². The molecular weight excluding hydrogens is 424 g/mol. The lowest BCUT2D eigenvalue weighted by Gasteiger charge is -2.36. The van der Waals surface area contributed by atoms with Crippen molar-refractivity contribution in [3.8, 4) is 5.75 Å². The predicted molar refractivity (Wildman–Crippen MR) is 127 cm³/mol. The Balaban J connectivity index is 1.90. The number of likely N-dealkylation sites (N-methyl/N-ethyl adjacent to an activating group) is 2. The highest BCUT2D eigenvalue weighted by Gasteiger charge is 2.40. The summed E-state index contributed by atoms with van der Waals surface area (Å²) in [6.45, 7) is 6.94. The van der Waals surface area contributed by atoms with E-state index >= 15 is 0 Å². The predicted octanol–water partition coefficient (Wildman–Crippen LogP) is 1.29. The second-order valence-electron chi connectivity index (χ2n) is 8.63. The Hall–Kier alpha value is -2.46. The van der Waals surface area contributed by atoms with E-state index in [-0.39, 0.29) is 12.1 Å². The number of nitrogens with one attached hydrogen (secondary N) is 3. The van der Waals surface area contributed by atoms with Crippen LogP contribution in [-0.4, -0.2) is 73.6 Å². The van der Waals surface area contributed by atoms with Gasteiger partial charge in [0.25, 0.3) is 0 Å². The minimum absolute atomic E-state index is 0.276. The van der Waals surface area contributed by atoms with Gasteiger partial charge in [-0.1, -0.05) is 30.4 Å². The minimum atomic E-state index is -1.27. The summed E-state index contributed by atoms with van der Waals surface area (Å²) in [4.78, 5) is 28.9. The summed E-state index contributed by atoms with van der Waals surface area (Å²) in [7, 11) is 1.67. The maximum Gasteiger partial charge on any atom is 0.242 e. The Morgan fingerprint density at radius 3 is 2.70 bits per heavy atom. The molecule has 9 nitrogen and oxygen atoms in total. The molecule has 0 bridgehead atoms. The number of nitrogens with zero attached hydrogens (tertiary/aromatic N) is 1. The number of para-hydroxylation sites is 1. The third-order valence-corrected chi connectivity index (χ3v) is 5.20. The minimum Gasteiger partial charge on any atom is -0.492 e. The standard InChI is InChI=1S/C24H38N4O5/c1-5-26-22(30)21(24(2,3)31)28(4)33-23(19-12-13-19)27-15-16-32-20-11-7-6-9-18(20)10-8-14-25-17-29/h6-11,17,19,21,23,27,31H,5,12-16H2,1-4H3,(H,25,29)(H,26,30)/b10-8+. The van der Waals surface area contributed by atoms with Crippen molar-refractivity contribution in [2.45, 2.75) is 51.5 Å². The first-order chi connectivity index (χ1) is 15.8. The maximum atomic E-state index is 12.5. The van der Waals surface area contributed by atoms with Crippen LogP contribution < -0.4 is 20.7 Å². The molecule has 1 aromatic carbocycles. The molecule has 9 heteroatoms. The van der Waals surface area contributed by atoms with E-state index < -0.39 is 11.6 Å². The number of hydroxylamine groups is 2. The zero-order valence-electron chi connectivity index (χ0n) is 20.0. The maximum absolute atomic E-state index is 12.5. The summed E-state index contributed by atoms with van der Waals surface area (Å²) in [5.74, 6) is 0.823. The third kappa shape index (κ3) is 9.13. The summed E-state index contributed by atoms with van der Waals surface area (Å²) in [5, 5.41) is 20.7. The molecule has 0 aliphatic heterocycles. The van der Waals surface area contributed by atoms with E-state index in [9.17, 15) is 14.7 Å². The van der Waals surface area contributed by atoms with Crippen LogP contribution in [0.5, 0.6) is 5.75 Å². The summed E-state index contributed by atoms with van der Waals surface area (Å²) < 4.78 is 5.94. The van der Waals surface area contributed by atoms with Crippen molar-refractivity contribution in [2.75, 3.05) is 33.3 Å². The summed E-state index contributed by atoms with van der Waals surface area (Å²) in [6.07, 6.45) is 6.24. The van der Waals surface area contributed by atoms with Gasteiger partial charge in [0.2, 0.25) is 12.3 Å². The van der Waals surface area contributed by atoms with Crippen LogP contribution in [0.1, 0.15) is 39.2 Å². The van der Waals surface area contributed by atoms with Crippen LogP contribution in [0.2, 0.25) is 0 Å². The highest BCUT2D eigenvalue weighted by Crippen LogP contribution is 2.34. The first-order valence-electron chi connectivity index (χ1n) is 11.5. The fraction of sp³-hybridized carbons (Fsp3) is 0.583. The molecule has 1 aromatic rings. The number of hydrogen-bond donors (Lipinski definition) is 4. The Morgan fingerprint density at radius 1 is 1.33 bits per heavy atom. The number of ether oxygens (including phenoxy) is 1. The van der Waals surface area contributed by atoms with Gasteiger partial charge in [0, 0.05) is 38.2 Å². The summed E-state index contributed by atoms with van der Waals surface area (Å²) in [6, 6.07) is 6.84. The smallest absolute Gasteiger partial charge is 0.242 e. The van der Waals surface area contributed by atoms with Gasteiger partial charge in [-0.05, 0) is 39.7 Å². The van der Waals surface area contributed by atoms with E-state index in [0.29, 0.717) is 38.6 Å². The van der Waals surface area contributed by atoms with Gasteiger partial charge in [0.1, 0.15) is 24.6 Å². The van der Waals surface area contributed by atoms with Crippen LogP contribution in [0.3, 0.4) is 0 Å². The molecule has 0 aromatic heterocycles. The van der Waals surface area contributed by atoms with Gasteiger partial charge in [-0.15, -0.1) is 0 Å². The molecule has 1 aliphatic rings. The number of aliphatic hydroxyl groups is 1. The van der Waals surface area contributed by atoms with Gasteiger partial charge in [0.05, 0.1) is 5.60 Å². The average molecular weight is 463 g/mol. The molecular formula is C24H38N4O5. The van der Waals surface area contributed by atoms with Gasteiger partial charge in [-0.25, -0.2) is 0 Å². The normalized spacial score (nSPS) is 15.9. The molecule has 33 heavy (non-hydrogen) atoms. The summed E-state index contributed by atoms with van der Waals surface area (Å²) in [5.41, 5.74) is -0.348. The van der Waals surface area contributed by atoms with Crippen molar-refractivity contribution >= 4 is 18.4 Å². The Bertz CT molecular complexity index is 776. The van der Waals surface area contributed by atoms with E-state index in [4.69, 9.17) is 9.57 Å². The van der Waals surface area contributed by atoms with Crippen LogP contribution in [0.4, 0.5) is 0 Å². The zero-order valence-corrected chi connectivity index (χ0v) is 20.0. The lowest BCUT2D eigenvalue weighted by atomic mass is 9.98. The van der Waals surface area contributed by atoms with Gasteiger partial charge >= 0.3 is 0 Å². The second-order valence-corrected chi connectivity index (χ2v) is 8.63. The van der Waals surface area contributed by atoms with Crippen molar-refractivity contribution < 1.29 is 24.3 Å². The molecule has 0 saturated heterocycles. The molecule has 1 aliphatic carbocycles. The number of rotatable bonds is 16. The molecule has 2 amide bonds. The van der Waals surface area contributed by atoms with Crippen LogP contribution in [-0.2, 0) is 14.4 Å². The lowest BCUT2D eigenvalue weighted by Crippen LogP contribution is -2.58. The molecule has 0 heterocycles. The largest absolute Gasteiger partial charge is 0.492 e. The van der Waals surface area contributed by atoms with E-state index in [0.717, 1.165) is 24.2 Å². The van der Waals surface area contributed by atoms with Crippen LogP contribution in [0.15, 0.2) is 30.3 Å². The SMILES string of the molecule is CCNC(=O)C(N(C)OC(NCCOc1ccccc1/C=C/CNC=O)C1CC1)C(C)(C)O. The molecule has 2 atom stereocenters. The van der Waals surface area contributed by atoms with Crippen LogP contribution in [0, 0.1) is 5.92 Å². The molecule has 1 fully saturated rings. The first kappa shape index (κ1) is 26.8. The van der Waals surface area contributed by atoms with Crippen molar-refractivity contribution in [3.63, 3.8) is 0 Å². The molecule has 0 radical (unpaired) electrons. The highest BCUT2D eigenvalue weighted by molar-refractivity contribution is 5.82. The topological polar surface area (TPSA) is 112 Å². The third-order valence-electron chi connectivity index (χ3n) is 5.20. The number of carbonyl (C=O) groups excluding carboxylic acids is 2. The van der Waals surface area contributed by atoms with E-state index in [2.05, 4.69) is 16.0 Å². The Morgan fingerprint density at radius 2 is 2.06 bits per heavy atom. The van der Waals surface area contributed by atoms with Gasteiger partial charge in [0.15, 0.2) is 0 Å². The quantitative estimate of drug-likeness (QED) is 0.127. The monoisotopic (exact) mass is 462 g/mol. The number of hydrogen-bond acceptors (Lipinski definition) is 7. The Kier molecular flexibility index (Phi) is 10.8. The molecule has 1 saturated carbocycles. The molecule has 2 rings (SSSR count). The van der Waals surface area contributed by atoms with Crippen molar-refractivity contribution in [1.29, 1.82) is 0 Å². The highest BCUT2D eigenvalue weighted by atomic mass is 16.7. The molecule has 4 N–H and O–H groups in total. The average Bonchev–Trinajstić information content (AvgIpc) is 3.59. The lowest BCUT2D eigenvalue weighted by molar-refractivity contribution is -0.241. The number of amides is 2. The van der Waals surface area contributed by atoms with Gasteiger partial charge < -0.3 is 20.5 Å². The van der Waals surface area contributed by atoms with Crippen LogP contribution in [0.25, 0.3) is 6.08 Å². The van der Waals surface area contributed by atoms with Gasteiger partial charge in [-0.2, -0.15) is 5.06 Å². The van der Waals surface area contributed by atoms with Gasteiger partial charge in [-0.3, -0.25) is 19.7 Å². The Labute approximate surface area is 196 Å².